The summed E-state index contributed by atoms with van der Waals surface area (Å²) in [4.78, 5) is 0. The minimum Gasteiger partial charge on any atom is -0.316 e. The van der Waals surface area contributed by atoms with Crippen LogP contribution in [0.2, 0.25) is 0 Å². The van der Waals surface area contributed by atoms with Crippen molar-refractivity contribution in [3.8, 4) is 5.69 Å². The molecule has 0 saturated carbocycles. The first-order valence-corrected chi connectivity index (χ1v) is 6.95. The predicted molar refractivity (Wildman–Crippen MR) is 81.5 cm³/mol. The van der Waals surface area contributed by atoms with Crippen LogP contribution in [0.3, 0.4) is 0 Å². The Morgan fingerprint density at radius 2 is 2.05 bits per heavy atom. The first-order chi connectivity index (χ1) is 9.29. The molecular weight excluding hydrogens is 302 g/mol. The second-order valence-electron chi connectivity index (χ2n) is 4.42. The lowest BCUT2D eigenvalue weighted by molar-refractivity contribution is 0.795. The zero-order chi connectivity index (χ0) is 13.2. The first-order valence-electron chi connectivity index (χ1n) is 6.16. The van der Waals surface area contributed by atoms with Crippen LogP contribution >= 0.6 is 15.9 Å². The van der Waals surface area contributed by atoms with Gasteiger partial charge in [-0.05, 0) is 30.8 Å². The summed E-state index contributed by atoms with van der Waals surface area (Å²) in [5, 5.41) is 8.87. The van der Waals surface area contributed by atoms with Gasteiger partial charge in [0.15, 0.2) is 0 Å². The first kappa shape index (κ1) is 12.4. The van der Waals surface area contributed by atoms with Gasteiger partial charge in [-0.25, -0.2) is 4.68 Å². The van der Waals surface area contributed by atoms with Crippen LogP contribution in [0.1, 0.15) is 5.56 Å². The van der Waals surface area contributed by atoms with E-state index in [1.165, 1.54) is 5.56 Å². The third kappa shape index (κ3) is 2.29. The largest absolute Gasteiger partial charge is 0.316 e. The van der Waals surface area contributed by atoms with Gasteiger partial charge in [0.05, 0.1) is 17.4 Å². The molecule has 0 amide bonds. The van der Waals surface area contributed by atoms with Crippen molar-refractivity contribution < 1.29 is 0 Å². The van der Waals surface area contributed by atoms with Crippen LogP contribution in [0, 0.1) is 0 Å². The number of halogens is 1. The minimum atomic E-state index is 0.816. The molecule has 96 valence electrons. The standard InChI is InChI=1S/C15H14BrN3/c1-17-9-12-6-7-13(16)8-15(12)19-14-5-3-2-4-11(14)10-18-19/h2-8,10,17H,9H2,1H3. The van der Waals surface area contributed by atoms with E-state index in [-0.39, 0.29) is 0 Å². The highest BCUT2D eigenvalue weighted by atomic mass is 79.9. The number of para-hydroxylation sites is 1. The molecule has 0 unspecified atom stereocenters. The van der Waals surface area contributed by atoms with E-state index in [4.69, 9.17) is 0 Å². The van der Waals surface area contributed by atoms with Crippen LogP contribution in [-0.2, 0) is 6.54 Å². The lowest BCUT2D eigenvalue weighted by atomic mass is 10.1. The number of aromatic nitrogens is 2. The van der Waals surface area contributed by atoms with Crippen molar-refractivity contribution in [1.82, 2.24) is 15.1 Å². The molecule has 0 aliphatic rings. The molecule has 4 heteroatoms. The summed E-state index contributed by atoms with van der Waals surface area (Å²) in [5.41, 5.74) is 3.45. The van der Waals surface area contributed by atoms with Crippen molar-refractivity contribution in [3.63, 3.8) is 0 Å². The van der Waals surface area contributed by atoms with Gasteiger partial charge >= 0.3 is 0 Å². The quantitative estimate of drug-likeness (QED) is 0.801. The predicted octanol–water partition coefficient (Wildman–Crippen LogP) is 3.51. The molecule has 0 saturated heterocycles. The maximum atomic E-state index is 4.52. The number of nitrogens with one attached hydrogen (secondary N) is 1. The van der Waals surface area contributed by atoms with Gasteiger partial charge in [-0.15, -0.1) is 0 Å². The molecule has 0 aliphatic carbocycles. The monoisotopic (exact) mass is 315 g/mol. The Morgan fingerprint density at radius 1 is 1.21 bits per heavy atom. The second-order valence-corrected chi connectivity index (χ2v) is 5.33. The van der Waals surface area contributed by atoms with E-state index >= 15 is 0 Å². The van der Waals surface area contributed by atoms with Crippen molar-refractivity contribution >= 4 is 26.8 Å². The molecule has 0 atom stereocenters. The van der Waals surface area contributed by atoms with Crippen LogP contribution < -0.4 is 5.32 Å². The van der Waals surface area contributed by atoms with Crippen LogP contribution in [-0.4, -0.2) is 16.8 Å². The molecule has 0 bridgehead atoms. The summed E-state index contributed by atoms with van der Waals surface area (Å²) in [6.45, 7) is 0.816. The number of rotatable bonds is 3. The fraction of sp³-hybridized carbons (Fsp3) is 0.133. The average Bonchev–Trinajstić information content (AvgIpc) is 2.85. The van der Waals surface area contributed by atoms with Crippen molar-refractivity contribution in [3.05, 3.63) is 58.7 Å². The molecule has 2 aromatic carbocycles. The topological polar surface area (TPSA) is 29.9 Å². The number of benzene rings is 2. The molecule has 0 aliphatic heterocycles. The molecule has 0 spiro atoms. The van der Waals surface area contributed by atoms with Crippen molar-refractivity contribution in [2.75, 3.05) is 7.05 Å². The van der Waals surface area contributed by atoms with Gasteiger partial charge in [0.1, 0.15) is 0 Å². The van der Waals surface area contributed by atoms with Crippen LogP contribution in [0.15, 0.2) is 53.1 Å². The number of nitrogens with zero attached hydrogens (tertiary/aromatic N) is 2. The van der Waals surface area contributed by atoms with Crippen LogP contribution in [0.4, 0.5) is 0 Å². The smallest absolute Gasteiger partial charge is 0.0741 e. The van der Waals surface area contributed by atoms with E-state index in [1.54, 1.807) is 0 Å². The summed E-state index contributed by atoms with van der Waals surface area (Å²) in [6.07, 6.45) is 1.90. The Bertz CT molecular complexity index is 718. The van der Waals surface area contributed by atoms with Crippen LogP contribution in [0.5, 0.6) is 0 Å². The minimum absolute atomic E-state index is 0.816. The maximum absolute atomic E-state index is 4.52. The molecule has 1 heterocycles. The number of hydrogen-bond donors (Lipinski definition) is 1. The molecule has 1 aromatic heterocycles. The zero-order valence-electron chi connectivity index (χ0n) is 10.6. The fourth-order valence-corrected chi connectivity index (χ4v) is 2.59. The highest BCUT2D eigenvalue weighted by Gasteiger charge is 2.09. The van der Waals surface area contributed by atoms with Gasteiger partial charge in [-0.3, -0.25) is 0 Å². The van der Waals surface area contributed by atoms with Crippen molar-refractivity contribution in [2.24, 2.45) is 0 Å². The summed E-state index contributed by atoms with van der Waals surface area (Å²) >= 11 is 3.54. The van der Waals surface area contributed by atoms with Gasteiger partial charge in [0.2, 0.25) is 0 Å². The molecular formula is C15H14BrN3. The van der Waals surface area contributed by atoms with Gasteiger partial charge in [0, 0.05) is 16.4 Å². The Hall–Kier alpha value is -1.65. The molecule has 0 radical (unpaired) electrons. The third-order valence-electron chi connectivity index (χ3n) is 3.12. The Balaban J connectivity index is 2.23. The summed E-state index contributed by atoms with van der Waals surface area (Å²) in [7, 11) is 1.95. The van der Waals surface area contributed by atoms with Gasteiger partial charge in [0.25, 0.3) is 0 Å². The van der Waals surface area contributed by atoms with Gasteiger partial charge in [-0.1, -0.05) is 40.2 Å². The highest BCUT2D eigenvalue weighted by Crippen LogP contribution is 2.24. The third-order valence-corrected chi connectivity index (χ3v) is 3.61. The molecule has 3 rings (SSSR count). The van der Waals surface area contributed by atoms with E-state index in [9.17, 15) is 0 Å². The maximum Gasteiger partial charge on any atom is 0.0741 e. The van der Waals surface area contributed by atoms with Crippen molar-refractivity contribution in [1.29, 1.82) is 0 Å². The summed E-state index contributed by atoms with van der Waals surface area (Å²) in [6, 6.07) is 14.5. The van der Waals surface area contributed by atoms with Gasteiger partial charge < -0.3 is 5.32 Å². The van der Waals surface area contributed by atoms with E-state index in [0.29, 0.717) is 0 Å². The highest BCUT2D eigenvalue weighted by molar-refractivity contribution is 9.10. The van der Waals surface area contributed by atoms with Gasteiger partial charge in [-0.2, -0.15) is 5.10 Å². The Kier molecular flexibility index (Phi) is 3.36. The molecule has 19 heavy (non-hydrogen) atoms. The van der Waals surface area contributed by atoms with E-state index in [1.807, 2.05) is 30.1 Å². The normalized spacial score (nSPS) is 11.1. The lowest BCUT2D eigenvalue weighted by Gasteiger charge is -2.11. The van der Waals surface area contributed by atoms with E-state index in [0.717, 1.165) is 27.6 Å². The SMILES string of the molecule is CNCc1ccc(Br)cc1-n1ncc2ccccc21. The van der Waals surface area contributed by atoms with Crippen LogP contribution in [0.25, 0.3) is 16.6 Å². The summed E-state index contributed by atoms with van der Waals surface area (Å²) in [5.74, 6) is 0. The second kappa shape index (κ2) is 5.15. The lowest BCUT2D eigenvalue weighted by Crippen LogP contribution is -2.09. The molecule has 3 aromatic rings. The number of fused-ring (bicyclic) bond motifs is 1. The molecule has 3 nitrogen and oxygen atoms in total. The summed E-state index contributed by atoms with van der Waals surface area (Å²) < 4.78 is 3.05. The van der Waals surface area contributed by atoms with E-state index in [2.05, 4.69) is 56.7 Å². The average molecular weight is 316 g/mol. The number of hydrogen-bond acceptors (Lipinski definition) is 2. The fourth-order valence-electron chi connectivity index (χ4n) is 2.24. The Morgan fingerprint density at radius 3 is 2.89 bits per heavy atom. The van der Waals surface area contributed by atoms with E-state index < -0.39 is 0 Å². The molecule has 0 fully saturated rings. The van der Waals surface area contributed by atoms with Crippen molar-refractivity contribution in [2.45, 2.75) is 6.54 Å². The zero-order valence-corrected chi connectivity index (χ0v) is 12.2. The molecule has 1 N–H and O–H groups in total. The Labute approximate surface area is 120 Å².